The van der Waals surface area contributed by atoms with Crippen molar-refractivity contribution in [3.63, 3.8) is 0 Å². The van der Waals surface area contributed by atoms with Crippen LogP contribution in [0.3, 0.4) is 0 Å². The van der Waals surface area contributed by atoms with Gasteiger partial charge in [-0.05, 0) is 24.1 Å². The topological polar surface area (TPSA) is 52.3 Å². The van der Waals surface area contributed by atoms with Gasteiger partial charge < -0.3 is 10.5 Å². The van der Waals surface area contributed by atoms with Crippen molar-refractivity contribution in [2.45, 2.75) is 12.5 Å². The van der Waals surface area contributed by atoms with Gasteiger partial charge in [0.1, 0.15) is 11.9 Å². The fourth-order valence-corrected chi connectivity index (χ4v) is 1.15. The van der Waals surface area contributed by atoms with Crippen LogP contribution in [0.15, 0.2) is 24.3 Å². The van der Waals surface area contributed by atoms with Crippen LogP contribution in [-0.4, -0.2) is 19.1 Å². The summed E-state index contributed by atoms with van der Waals surface area (Å²) >= 11 is 0. The number of esters is 1. The highest BCUT2D eigenvalue weighted by Crippen LogP contribution is 2.06. The van der Waals surface area contributed by atoms with Crippen LogP contribution >= 0.6 is 12.4 Å². The molecule has 1 aromatic carbocycles. The molecule has 0 saturated heterocycles. The molecule has 0 heterocycles. The van der Waals surface area contributed by atoms with Crippen molar-refractivity contribution < 1.29 is 13.9 Å². The molecule has 0 bridgehead atoms. The summed E-state index contributed by atoms with van der Waals surface area (Å²) in [5.41, 5.74) is 6.20. The van der Waals surface area contributed by atoms with E-state index < -0.39 is 12.0 Å². The van der Waals surface area contributed by atoms with Gasteiger partial charge in [0.05, 0.1) is 7.11 Å². The van der Waals surface area contributed by atoms with Crippen LogP contribution in [0.2, 0.25) is 0 Å². The molecule has 0 aromatic heterocycles. The number of benzene rings is 1. The van der Waals surface area contributed by atoms with Crippen LogP contribution in [-0.2, 0) is 16.0 Å². The summed E-state index contributed by atoms with van der Waals surface area (Å²) < 4.78 is 17.2. The van der Waals surface area contributed by atoms with Crippen LogP contribution in [0, 0.1) is 5.82 Å². The number of rotatable bonds is 3. The van der Waals surface area contributed by atoms with E-state index in [4.69, 9.17) is 5.73 Å². The van der Waals surface area contributed by atoms with E-state index in [0.29, 0.717) is 5.56 Å². The van der Waals surface area contributed by atoms with Gasteiger partial charge in [0.25, 0.3) is 0 Å². The number of nitrogens with two attached hydrogens (primary N) is 1. The van der Waals surface area contributed by atoms with Gasteiger partial charge >= 0.3 is 5.97 Å². The van der Waals surface area contributed by atoms with Gasteiger partial charge in [0.15, 0.2) is 0 Å². The van der Waals surface area contributed by atoms with Gasteiger partial charge in [0, 0.05) is 0 Å². The van der Waals surface area contributed by atoms with Crippen LogP contribution in [0.1, 0.15) is 5.56 Å². The monoisotopic (exact) mass is 233 g/mol. The summed E-state index contributed by atoms with van der Waals surface area (Å²) in [7, 11) is 1.27. The predicted molar refractivity (Wildman–Crippen MR) is 57.3 cm³/mol. The van der Waals surface area contributed by atoms with Crippen molar-refractivity contribution in [3.05, 3.63) is 35.6 Å². The quantitative estimate of drug-likeness (QED) is 0.801. The van der Waals surface area contributed by atoms with Crippen LogP contribution in [0.5, 0.6) is 0 Å². The third-order valence-electron chi connectivity index (χ3n) is 1.85. The smallest absolute Gasteiger partial charge is 0.322 e. The first kappa shape index (κ1) is 13.9. The number of hydrogen-bond acceptors (Lipinski definition) is 3. The summed E-state index contributed by atoms with van der Waals surface area (Å²) in [5.74, 6) is -0.825. The van der Waals surface area contributed by atoms with E-state index in [2.05, 4.69) is 4.74 Å². The Labute approximate surface area is 93.8 Å². The van der Waals surface area contributed by atoms with E-state index in [1.165, 1.54) is 19.2 Å². The molecule has 2 N–H and O–H groups in total. The predicted octanol–water partition coefficient (Wildman–Crippen LogP) is 1.29. The lowest BCUT2D eigenvalue weighted by molar-refractivity contribution is -0.142. The average Bonchev–Trinajstić information content (AvgIpc) is 2.16. The summed E-state index contributed by atoms with van der Waals surface area (Å²) in [6.45, 7) is 0. The highest BCUT2D eigenvalue weighted by molar-refractivity contribution is 5.85. The Kier molecular flexibility index (Phi) is 5.89. The van der Waals surface area contributed by atoms with Crippen LogP contribution < -0.4 is 5.73 Å². The molecule has 0 aliphatic heterocycles. The van der Waals surface area contributed by atoms with Crippen molar-refractivity contribution in [2.24, 2.45) is 5.73 Å². The standard InChI is InChI=1S/C10H12FNO2.ClH/c1-14-10(13)9(12)6-7-3-2-4-8(11)5-7;/h2-5,9H,6,12H2,1H3;1H/t9-;/m1./s1. The lowest BCUT2D eigenvalue weighted by Crippen LogP contribution is -2.33. The molecule has 84 valence electrons. The molecule has 0 saturated carbocycles. The number of halogens is 2. The second kappa shape index (κ2) is 6.37. The van der Waals surface area contributed by atoms with Gasteiger partial charge in [-0.1, -0.05) is 12.1 Å². The maximum absolute atomic E-state index is 12.7. The summed E-state index contributed by atoms with van der Waals surface area (Å²) in [5, 5.41) is 0. The molecule has 1 aromatic rings. The molecule has 3 nitrogen and oxygen atoms in total. The van der Waals surface area contributed by atoms with Crippen molar-refractivity contribution in [2.75, 3.05) is 7.11 Å². The Morgan fingerprint density at radius 3 is 2.80 bits per heavy atom. The van der Waals surface area contributed by atoms with E-state index >= 15 is 0 Å². The SMILES string of the molecule is COC(=O)[C@H](N)Cc1cccc(F)c1.Cl. The van der Waals surface area contributed by atoms with Gasteiger partial charge in [-0.2, -0.15) is 0 Å². The summed E-state index contributed by atoms with van der Waals surface area (Å²) in [4.78, 5) is 11.0. The molecule has 1 atom stereocenters. The Balaban J connectivity index is 0.00000196. The molecule has 0 aliphatic rings. The lowest BCUT2D eigenvalue weighted by Gasteiger charge is -2.08. The van der Waals surface area contributed by atoms with Gasteiger partial charge in [-0.3, -0.25) is 4.79 Å². The normalized spacial score (nSPS) is 11.4. The number of carbonyl (C=O) groups excluding carboxylic acids is 1. The van der Waals surface area contributed by atoms with Gasteiger partial charge in [-0.25, -0.2) is 4.39 Å². The minimum Gasteiger partial charge on any atom is -0.468 e. The Bertz CT molecular complexity index is 333. The van der Waals surface area contributed by atoms with Crippen LogP contribution in [0.4, 0.5) is 4.39 Å². The van der Waals surface area contributed by atoms with Crippen molar-refractivity contribution in [1.29, 1.82) is 0 Å². The van der Waals surface area contributed by atoms with Gasteiger partial charge in [0.2, 0.25) is 0 Å². The maximum Gasteiger partial charge on any atom is 0.322 e. The molecule has 0 radical (unpaired) electrons. The summed E-state index contributed by atoms with van der Waals surface area (Å²) in [6, 6.07) is 5.25. The maximum atomic E-state index is 12.7. The molecule has 1 rings (SSSR count). The summed E-state index contributed by atoms with van der Waals surface area (Å²) in [6.07, 6.45) is 0.282. The van der Waals surface area contributed by atoms with Gasteiger partial charge in [-0.15, -0.1) is 12.4 Å². The fraction of sp³-hybridized carbons (Fsp3) is 0.300. The molecule has 0 amide bonds. The van der Waals surface area contributed by atoms with Crippen molar-refractivity contribution >= 4 is 18.4 Å². The number of carbonyl (C=O) groups is 1. The number of ether oxygens (including phenoxy) is 1. The van der Waals surface area contributed by atoms with E-state index in [0.717, 1.165) is 0 Å². The average molecular weight is 234 g/mol. The molecule has 0 aliphatic carbocycles. The molecule has 15 heavy (non-hydrogen) atoms. The second-order valence-electron chi connectivity index (χ2n) is 2.96. The minimum atomic E-state index is -0.734. The fourth-order valence-electron chi connectivity index (χ4n) is 1.15. The second-order valence-corrected chi connectivity index (χ2v) is 2.96. The Hall–Kier alpha value is -1.13. The highest BCUT2D eigenvalue weighted by Gasteiger charge is 2.13. The molecular formula is C10H13ClFNO2. The highest BCUT2D eigenvalue weighted by atomic mass is 35.5. The van der Waals surface area contributed by atoms with E-state index in [1.54, 1.807) is 12.1 Å². The molecule has 5 heteroatoms. The molecule has 0 spiro atoms. The largest absolute Gasteiger partial charge is 0.468 e. The van der Waals surface area contributed by atoms with Crippen LogP contribution in [0.25, 0.3) is 0 Å². The zero-order chi connectivity index (χ0) is 10.6. The molecule has 0 unspecified atom stereocenters. The zero-order valence-corrected chi connectivity index (χ0v) is 9.09. The van der Waals surface area contributed by atoms with Crippen molar-refractivity contribution in [1.82, 2.24) is 0 Å². The lowest BCUT2D eigenvalue weighted by atomic mass is 10.1. The van der Waals surface area contributed by atoms with E-state index in [1.807, 2.05) is 0 Å². The van der Waals surface area contributed by atoms with E-state index in [-0.39, 0.29) is 24.6 Å². The first-order valence-electron chi connectivity index (χ1n) is 4.21. The minimum absolute atomic E-state index is 0. The first-order valence-corrected chi connectivity index (χ1v) is 4.21. The number of hydrogen-bond donors (Lipinski definition) is 1. The zero-order valence-electron chi connectivity index (χ0n) is 8.27. The number of methoxy groups -OCH3 is 1. The third-order valence-corrected chi connectivity index (χ3v) is 1.85. The molecule has 0 fully saturated rings. The van der Waals surface area contributed by atoms with E-state index in [9.17, 15) is 9.18 Å². The Morgan fingerprint density at radius 2 is 2.27 bits per heavy atom. The van der Waals surface area contributed by atoms with Crippen molar-refractivity contribution in [3.8, 4) is 0 Å². The third kappa shape index (κ3) is 4.27. The Morgan fingerprint density at radius 1 is 1.60 bits per heavy atom. The first-order chi connectivity index (χ1) is 6.63. The molecular weight excluding hydrogens is 221 g/mol.